The number of ether oxygens (including phenoxy) is 3. The van der Waals surface area contributed by atoms with Gasteiger partial charge in [0.05, 0.1) is 12.2 Å². The summed E-state index contributed by atoms with van der Waals surface area (Å²) in [6.07, 6.45) is 1.81. The molecule has 0 N–H and O–H groups in total. The van der Waals surface area contributed by atoms with E-state index in [1.165, 1.54) is 0 Å². The highest BCUT2D eigenvalue weighted by atomic mass is 16.6. The van der Waals surface area contributed by atoms with Gasteiger partial charge in [-0.3, -0.25) is 0 Å². The molecule has 2 rings (SSSR count). The third kappa shape index (κ3) is 4.13. The highest BCUT2D eigenvalue weighted by Crippen LogP contribution is 2.32. The van der Waals surface area contributed by atoms with Crippen molar-refractivity contribution in [2.75, 3.05) is 0 Å². The molecule has 0 amide bonds. The topological polar surface area (TPSA) is 44.8 Å². The third-order valence-electron chi connectivity index (χ3n) is 3.51. The fourth-order valence-corrected chi connectivity index (χ4v) is 2.22. The molecule has 1 heterocycles. The summed E-state index contributed by atoms with van der Waals surface area (Å²) in [5.74, 6) is 1.22. The monoisotopic (exact) mass is 292 g/mol. The van der Waals surface area contributed by atoms with Crippen molar-refractivity contribution in [3.05, 3.63) is 23.8 Å². The first-order chi connectivity index (χ1) is 9.99. The van der Waals surface area contributed by atoms with Crippen molar-refractivity contribution < 1.29 is 19.0 Å². The molecular formula is C17H24O4. The number of rotatable bonds is 5. The van der Waals surface area contributed by atoms with Crippen molar-refractivity contribution >= 4 is 5.97 Å². The molecule has 0 fully saturated rings. The summed E-state index contributed by atoms with van der Waals surface area (Å²) >= 11 is 0. The molecule has 0 radical (unpaired) electrons. The maximum absolute atomic E-state index is 12.1. The summed E-state index contributed by atoms with van der Waals surface area (Å²) in [4.78, 5) is 12.1. The van der Waals surface area contributed by atoms with Crippen LogP contribution < -0.4 is 9.47 Å². The molecule has 21 heavy (non-hydrogen) atoms. The van der Waals surface area contributed by atoms with Gasteiger partial charge in [-0.2, -0.15) is 0 Å². The van der Waals surface area contributed by atoms with Crippen LogP contribution in [0.3, 0.4) is 0 Å². The highest BCUT2D eigenvalue weighted by molar-refractivity contribution is 5.75. The van der Waals surface area contributed by atoms with Crippen molar-refractivity contribution in [3.8, 4) is 11.5 Å². The number of carbonyl (C=O) groups excluding carboxylic acids is 1. The van der Waals surface area contributed by atoms with E-state index in [0.717, 1.165) is 29.9 Å². The van der Waals surface area contributed by atoms with Gasteiger partial charge in [0.2, 0.25) is 0 Å². The summed E-state index contributed by atoms with van der Waals surface area (Å²) < 4.78 is 16.8. The number of hydrogen-bond donors (Lipinski definition) is 0. The number of benzene rings is 1. The summed E-state index contributed by atoms with van der Waals surface area (Å²) in [5.41, 5.74) is 1.11. The number of esters is 1. The van der Waals surface area contributed by atoms with E-state index in [2.05, 4.69) is 0 Å². The van der Waals surface area contributed by atoms with Crippen molar-refractivity contribution in [3.63, 3.8) is 0 Å². The van der Waals surface area contributed by atoms with E-state index in [4.69, 9.17) is 14.2 Å². The number of hydrogen-bond acceptors (Lipinski definition) is 4. The Balaban J connectivity index is 2.06. The lowest BCUT2D eigenvalue weighted by molar-refractivity contribution is -0.157. The lowest BCUT2D eigenvalue weighted by atomic mass is 10.0. The zero-order valence-corrected chi connectivity index (χ0v) is 13.2. The zero-order chi connectivity index (χ0) is 15.4. The number of carbonyl (C=O) groups is 1. The number of fused-ring (bicyclic) bond motifs is 1. The molecule has 116 valence electrons. The van der Waals surface area contributed by atoms with Gasteiger partial charge in [0, 0.05) is 6.07 Å². The second-order valence-electron chi connectivity index (χ2n) is 5.74. The van der Waals surface area contributed by atoms with Crippen molar-refractivity contribution in [1.82, 2.24) is 0 Å². The normalized spacial score (nSPS) is 18.6. The van der Waals surface area contributed by atoms with E-state index in [1.807, 2.05) is 45.9 Å². The van der Waals surface area contributed by atoms with Crippen molar-refractivity contribution in [2.45, 2.75) is 65.3 Å². The summed E-state index contributed by atoms with van der Waals surface area (Å²) in [6, 6.07) is 5.81. The summed E-state index contributed by atoms with van der Waals surface area (Å²) in [7, 11) is 0. The van der Waals surface area contributed by atoms with Gasteiger partial charge in [-0.25, -0.2) is 4.79 Å². The molecule has 1 aliphatic rings. The van der Waals surface area contributed by atoms with Gasteiger partial charge in [0.25, 0.3) is 0 Å². The Morgan fingerprint density at radius 2 is 2.14 bits per heavy atom. The van der Waals surface area contributed by atoms with Crippen LogP contribution in [-0.2, 0) is 16.0 Å². The lowest BCUT2D eigenvalue weighted by Gasteiger charge is -2.26. The Bertz CT molecular complexity index is 496. The van der Waals surface area contributed by atoms with Crippen LogP contribution in [0.5, 0.6) is 11.5 Å². The van der Waals surface area contributed by atoms with Gasteiger partial charge in [-0.05, 0) is 51.7 Å². The van der Waals surface area contributed by atoms with Gasteiger partial charge in [0.15, 0.2) is 6.10 Å². The fraction of sp³-hybridized carbons (Fsp3) is 0.588. The van der Waals surface area contributed by atoms with E-state index in [9.17, 15) is 4.79 Å². The maximum atomic E-state index is 12.1. The molecule has 0 aromatic heterocycles. The molecule has 1 aliphatic heterocycles. The Morgan fingerprint density at radius 3 is 2.81 bits per heavy atom. The SMILES string of the molecule is CCC(C)OC(=O)C1CCc2ccc(OC(C)C)cc2O1. The Kier molecular flexibility index (Phi) is 5.10. The molecule has 4 nitrogen and oxygen atoms in total. The second-order valence-corrected chi connectivity index (χ2v) is 5.74. The Morgan fingerprint density at radius 1 is 1.38 bits per heavy atom. The summed E-state index contributed by atoms with van der Waals surface area (Å²) in [6.45, 7) is 7.84. The van der Waals surface area contributed by atoms with E-state index in [0.29, 0.717) is 6.42 Å². The van der Waals surface area contributed by atoms with Crippen LogP contribution >= 0.6 is 0 Å². The van der Waals surface area contributed by atoms with Crippen LogP contribution in [0.2, 0.25) is 0 Å². The first-order valence-electron chi connectivity index (χ1n) is 7.66. The molecule has 4 heteroatoms. The second kappa shape index (κ2) is 6.83. The van der Waals surface area contributed by atoms with E-state index in [1.54, 1.807) is 0 Å². The predicted octanol–water partition coefficient (Wildman–Crippen LogP) is 3.51. The molecule has 2 atom stereocenters. The smallest absolute Gasteiger partial charge is 0.347 e. The first-order valence-corrected chi connectivity index (χ1v) is 7.66. The van der Waals surface area contributed by atoms with Crippen LogP contribution in [0.15, 0.2) is 18.2 Å². The minimum absolute atomic E-state index is 0.0712. The quantitative estimate of drug-likeness (QED) is 0.779. The van der Waals surface area contributed by atoms with Gasteiger partial charge >= 0.3 is 5.97 Å². The molecular weight excluding hydrogens is 268 g/mol. The van der Waals surface area contributed by atoms with Gasteiger partial charge in [-0.1, -0.05) is 13.0 Å². The largest absolute Gasteiger partial charge is 0.491 e. The zero-order valence-electron chi connectivity index (χ0n) is 13.2. The highest BCUT2D eigenvalue weighted by Gasteiger charge is 2.28. The average molecular weight is 292 g/mol. The Hall–Kier alpha value is -1.71. The van der Waals surface area contributed by atoms with E-state index >= 15 is 0 Å². The molecule has 0 aliphatic carbocycles. The molecule has 1 aromatic carbocycles. The molecule has 0 saturated heterocycles. The summed E-state index contributed by atoms with van der Waals surface area (Å²) in [5, 5.41) is 0. The van der Waals surface area contributed by atoms with Crippen molar-refractivity contribution in [2.24, 2.45) is 0 Å². The standard InChI is InChI=1S/C17H24O4/c1-5-12(4)20-17(18)15-9-7-13-6-8-14(19-11(2)3)10-16(13)21-15/h6,8,10-12,15H,5,7,9H2,1-4H3. The minimum atomic E-state index is -0.513. The third-order valence-corrected chi connectivity index (χ3v) is 3.51. The van der Waals surface area contributed by atoms with E-state index < -0.39 is 6.10 Å². The van der Waals surface area contributed by atoms with Crippen molar-refractivity contribution in [1.29, 1.82) is 0 Å². The van der Waals surface area contributed by atoms with Crippen LogP contribution in [0.25, 0.3) is 0 Å². The van der Waals surface area contributed by atoms with Crippen LogP contribution in [0.4, 0.5) is 0 Å². The first kappa shape index (κ1) is 15.7. The average Bonchev–Trinajstić information content (AvgIpc) is 2.45. The van der Waals surface area contributed by atoms with Crippen LogP contribution in [0, 0.1) is 0 Å². The molecule has 0 saturated carbocycles. The van der Waals surface area contributed by atoms with Gasteiger partial charge in [-0.15, -0.1) is 0 Å². The predicted molar refractivity (Wildman–Crippen MR) is 80.8 cm³/mol. The number of aryl methyl sites for hydroxylation is 1. The molecule has 1 aromatic rings. The van der Waals surface area contributed by atoms with Gasteiger partial charge < -0.3 is 14.2 Å². The molecule has 2 unspecified atom stereocenters. The molecule has 0 spiro atoms. The van der Waals surface area contributed by atoms with Crippen LogP contribution in [-0.4, -0.2) is 24.3 Å². The van der Waals surface area contributed by atoms with E-state index in [-0.39, 0.29) is 18.2 Å². The lowest BCUT2D eigenvalue weighted by Crippen LogP contribution is -2.34. The minimum Gasteiger partial charge on any atom is -0.491 e. The molecule has 0 bridgehead atoms. The maximum Gasteiger partial charge on any atom is 0.347 e. The van der Waals surface area contributed by atoms with Gasteiger partial charge in [0.1, 0.15) is 11.5 Å². The Labute approximate surface area is 126 Å². The fourth-order valence-electron chi connectivity index (χ4n) is 2.22. The van der Waals surface area contributed by atoms with Crippen LogP contribution in [0.1, 0.15) is 46.1 Å².